The molecule has 40 heavy (non-hydrogen) atoms. The second-order valence-electron chi connectivity index (χ2n) is 12.2. The molecule has 2 heterocycles. The van der Waals surface area contributed by atoms with Crippen molar-refractivity contribution in [3.05, 3.63) is 64.4 Å². The van der Waals surface area contributed by atoms with Gasteiger partial charge in [-0.15, -0.1) is 0 Å². The maximum atomic E-state index is 15.4. The van der Waals surface area contributed by atoms with Crippen molar-refractivity contribution in [2.45, 2.75) is 77.3 Å². The molecule has 2 aromatic carbocycles. The molecule has 7 nitrogen and oxygen atoms in total. The van der Waals surface area contributed by atoms with Gasteiger partial charge in [0.15, 0.2) is 11.9 Å². The summed E-state index contributed by atoms with van der Waals surface area (Å²) in [6.07, 6.45) is -1.36. The molecule has 2 aromatic rings. The molecule has 0 spiro atoms. The summed E-state index contributed by atoms with van der Waals surface area (Å²) in [6, 6.07) is 12.0. The van der Waals surface area contributed by atoms with E-state index in [-0.39, 0.29) is 23.7 Å². The smallest absolute Gasteiger partial charge is 0.255 e. The number of nitrogens with one attached hydrogen (secondary N) is 1. The number of amides is 1. The van der Waals surface area contributed by atoms with Gasteiger partial charge >= 0.3 is 0 Å². The van der Waals surface area contributed by atoms with Crippen molar-refractivity contribution in [3.8, 4) is 0 Å². The zero-order chi connectivity index (χ0) is 29.4. The SMILES string of the molecule is CC(C)C(NS(=O)C(C)(C)C)c1cccc(F)c1N1CCN(C(=O)[C@H]2OC(C)(C)OC2c2ccc(Cl)cc2)CC1. The maximum absolute atomic E-state index is 15.4. The van der Waals surface area contributed by atoms with Crippen molar-refractivity contribution in [1.82, 2.24) is 9.62 Å². The number of carbonyl (C=O) groups excluding carboxylic acids is 1. The number of anilines is 1. The quantitative estimate of drug-likeness (QED) is 0.441. The summed E-state index contributed by atoms with van der Waals surface area (Å²) in [5, 5.41) is 0.605. The number of carbonyl (C=O) groups is 1. The number of para-hydroxylation sites is 1. The van der Waals surface area contributed by atoms with Crippen molar-refractivity contribution in [2.24, 2.45) is 5.92 Å². The number of piperazine rings is 1. The van der Waals surface area contributed by atoms with E-state index < -0.39 is 33.7 Å². The van der Waals surface area contributed by atoms with Crippen molar-refractivity contribution < 1.29 is 22.9 Å². The Labute approximate surface area is 244 Å². The Morgan fingerprint density at radius 3 is 2.27 bits per heavy atom. The van der Waals surface area contributed by atoms with Crippen molar-refractivity contribution in [3.63, 3.8) is 0 Å². The van der Waals surface area contributed by atoms with Gasteiger partial charge in [-0.25, -0.2) is 13.3 Å². The van der Waals surface area contributed by atoms with Crippen LogP contribution in [0.15, 0.2) is 42.5 Å². The predicted molar refractivity (Wildman–Crippen MR) is 158 cm³/mol. The molecule has 4 rings (SSSR count). The fourth-order valence-electron chi connectivity index (χ4n) is 5.14. The highest BCUT2D eigenvalue weighted by Gasteiger charge is 2.47. The van der Waals surface area contributed by atoms with E-state index in [1.54, 1.807) is 36.9 Å². The first-order valence-electron chi connectivity index (χ1n) is 13.8. The highest BCUT2D eigenvalue weighted by molar-refractivity contribution is 7.84. The molecule has 0 aromatic heterocycles. The fourth-order valence-corrected chi connectivity index (χ4v) is 6.25. The Hall–Kier alpha value is -2.04. The summed E-state index contributed by atoms with van der Waals surface area (Å²) in [4.78, 5) is 17.4. The van der Waals surface area contributed by atoms with Crippen LogP contribution in [0, 0.1) is 11.7 Å². The van der Waals surface area contributed by atoms with Crippen LogP contribution in [-0.4, -0.2) is 57.8 Å². The van der Waals surface area contributed by atoms with E-state index in [0.29, 0.717) is 36.9 Å². The molecule has 1 amide bonds. The first-order chi connectivity index (χ1) is 18.7. The minimum absolute atomic E-state index is 0.0717. The van der Waals surface area contributed by atoms with E-state index in [0.717, 1.165) is 11.1 Å². The van der Waals surface area contributed by atoms with Gasteiger partial charge < -0.3 is 19.3 Å². The van der Waals surface area contributed by atoms with Crippen molar-refractivity contribution in [2.75, 3.05) is 31.1 Å². The number of ether oxygens (including phenoxy) is 2. The van der Waals surface area contributed by atoms with Crippen LogP contribution in [0.25, 0.3) is 0 Å². The summed E-state index contributed by atoms with van der Waals surface area (Å²) >= 11 is 6.07. The molecule has 0 saturated carbocycles. The Balaban J connectivity index is 1.52. The van der Waals surface area contributed by atoms with Crippen LogP contribution in [-0.2, 0) is 25.3 Å². The van der Waals surface area contributed by atoms with E-state index in [9.17, 15) is 9.00 Å². The summed E-state index contributed by atoms with van der Waals surface area (Å²) in [5.74, 6) is -1.33. The topological polar surface area (TPSA) is 71.1 Å². The lowest BCUT2D eigenvalue weighted by Gasteiger charge is -2.39. The summed E-state index contributed by atoms with van der Waals surface area (Å²) in [6.45, 7) is 15.1. The molecule has 2 saturated heterocycles. The Kier molecular flexibility index (Phi) is 9.32. The lowest BCUT2D eigenvalue weighted by atomic mass is 9.94. The van der Waals surface area contributed by atoms with Crippen molar-refractivity contribution >= 4 is 34.2 Å². The van der Waals surface area contributed by atoms with Gasteiger partial charge in [-0.05, 0) is 69.9 Å². The molecule has 2 fully saturated rings. The van der Waals surface area contributed by atoms with E-state index >= 15 is 4.39 Å². The molecule has 2 aliphatic rings. The summed E-state index contributed by atoms with van der Waals surface area (Å²) in [7, 11) is -1.33. The molecule has 220 valence electrons. The maximum Gasteiger partial charge on any atom is 0.255 e. The van der Waals surface area contributed by atoms with E-state index in [2.05, 4.69) is 4.72 Å². The number of benzene rings is 2. The summed E-state index contributed by atoms with van der Waals surface area (Å²) < 4.78 is 43.4. The average molecular weight is 594 g/mol. The zero-order valence-electron chi connectivity index (χ0n) is 24.4. The molecule has 0 radical (unpaired) electrons. The van der Waals surface area contributed by atoms with Crippen LogP contribution in [0.5, 0.6) is 0 Å². The highest BCUT2D eigenvalue weighted by atomic mass is 35.5. The van der Waals surface area contributed by atoms with Gasteiger partial charge in [-0.2, -0.15) is 0 Å². The first-order valence-corrected chi connectivity index (χ1v) is 15.3. The Bertz CT molecular complexity index is 1230. The van der Waals surface area contributed by atoms with Gasteiger partial charge in [0.1, 0.15) is 11.9 Å². The van der Waals surface area contributed by atoms with E-state index in [4.69, 9.17) is 21.1 Å². The number of hydrogen-bond donors (Lipinski definition) is 1. The third-order valence-corrected chi connectivity index (χ3v) is 9.09. The van der Waals surface area contributed by atoms with Gasteiger partial charge in [0.05, 0.1) is 21.4 Å². The molecular weight excluding hydrogens is 553 g/mol. The molecule has 10 heteroatoms. The number of hydrogen-bond acceptors (Lipinski definition) is 5. The minimum Gasteiger partial charge on any atom is -0.365 e. The van der Waals surface area contributed by atoms with Crippen LogP contribution < -0.4 is 9.62 Å². The number of rotatable bonds is 7. The lowest BCUT2D eigenvalue weighted by Crippen LogP contribution is -2.53. The number of nitrogens with zero attached hydrogens (tertiary/aromatic N) is 2. The van der Waals surface area contributed by atoms with E-state index in [1.807, 2.05) is 57.7 Å². The highest BCUT2D eigenvalue weighted by Crippen LogP contribution is 2.40. The third-order valence-electron chi connectivity index (χ3n) is 7.26. The summed E-state index contributed by atoms with van der Waals surface area (Å²) in [5.41, 5.74) is 2.08. The fraction of sp³-hybridized carbons (Fsp3) is 0.567. The molecule has 4 atom stereocenters. The molecular formula is C30H41ClFN3O4S. The van der Waals surface area contributed by atoms with Gasteiger partial charge in [-0.3, -0.25) is 4.79 Å². The molecule has 0 aliphatic carbocycles. The van der Waals surface area contributed by atoms with Gasteiger partial charge in [0, 0.05) is 37.2 Å². The first kappa shape index (κ1) is 30.9. The second kappa shape index (κ2) is 12.1. The van der Waals surface area contributed by atoms with E-state index in [1.165, 1.54) is 6.07 Å². The lowest BCUT2D eigenvalue weighted by molar-refractivity contribution is -0.161. The third kappa shape index (κ3) is 6.87. The Morgan fingerprint density at radius 2 is 1.70 bits per heavy atom. The van der Waals surface area contributed by atoms with Crippen LogP contribution in [0.4, 0.5) is 10.1 Å². The normalized spacial score (nSPS) is 22.9. The van der Waals surface area contributed by atoms with Crippen LogP contribution >= 0.6 is 11.6 Å². The van der Waals surface area contributed by atoms with Crippen LogP contribution in [0.1, 0.15) is 71.7 Å². The van der Waals surface area contributed by atoms with Gasteiger partial charge in [-0.1, -0.05) is 49.7 Å². The molecule has 3 unspecified atom stereocenters. The van der Waals surface area contributed by atoms with Crippen molar-refractivity contribution in [1.29, 1.82) is 0 Å². The molecule has 0 bridgehead atoms. The zero-order valence-corrected chi connectivity index (χ0v) is 25.9. The largest absolute Gasteiger partial charge is 0.365 e. The second-order valence-corrected chi connectivity index (χ2v) is 14.7. The van der Waals surface area contributed by atoms with Crippen LogP contribution in [0.2, 0.25) is 5.02 Å². The van der Waals surface area contributed by atoms with Gasteiger partial charge in [0.2, 0.25) is 0 Å². The standard InChI is InChI=1S/C30H41ClFN3O4S/c1-19(2)24(33-40(37)29(3,4)5)22-9-8-10-23(32)25(22)34-15-17-35(18-16-34)28(36)27-26(38-30(6,7)39-27)20-11-13-21(31)14-12-20/h8-14,19,24,26-27,33H,15-18H2,1-7H3/t24?,26?,27-,40?/m0/s1. The van der Waals surface area contributed by atoms with Crippen LogP contribution in [0.3, 0.4) is 0 Å². The van der Waals surface area contributed by atoms with Gasteiger partial charge in [0.25, 0.3) is 5.91 Å². The minimum atomic E-state index is -1.33. The Morgan fingerprint density at radius 1 is 1.07 bits per heavy atom. The molecule has 1 N–H and O–H groups in total. The molecule has 2 aliphatic heterocycles. The predicted octanol–water partition coefficient (Wildman–Crippen LogP) is 5.77. The monoisotopic (exact) mass is 593 g/mol. The number of halogens is 2. The average Bonchev–Trinajstić information content (AvgIpc) is 3.21.